The van der Waals surface area contributed by atoms with Crippen molar-refractivity contribution in [2.45, 2.75) is 19.8 Å². The monoisotopic (exact) mass is 1070 g/mol. The Morgan fingerprint density at radius 1 is 0.595 bits per heavy atom. The van der Waals surface area contributed by atoms with E-state index in [0.29, 0.717) is 46.7 Å². The summed E-state index contributed by atoms with van der Waals surface area (Å²) in [6.45, 7) is 3.70. The highest BCUT2D eigenvalue weighted by atomic mass is 79.9. The summed E-state index contributed by atoms with van der Waals surface area (Å²) in [7, 11) is 0. The van der Waals surface area contributed by atoms with Crippen LogP contribution in [0.5, 0.6) is 0 Å². The molecule has 212 valence electrons. The van der Waals surface area contributed by atoms with E-state index in [2.05, 4.69) is 127 Å². The molecule has 0 N–H and O–H groups in total. The van der Waals surface area contributed by atoms with Gasteiger partial charge in [0.25, 0.3) is 11.8 Å². The average molecular weight is 1080 g/mol. The summed E-state index contributed by atoms with van der Waals surface area (Å²) in [5.41, 5.74) is 3.26. The fraction of sp³-hybridized carbons (Fsp3) is 0.107. The van der Waals surface area contributed by atoms with Crippen molar-refractivity contribution in [2.75, 3.05) is 4.90 Å². The van der Waals surface area contributed by atoms with Crippen LogP contribution >= 0.6 is 127 Å². The van der Waals surface area contributed by atoms with Crippen LogP contribution in [0.15, 0.2) is 54.0 Å². The number of anilines is 1. The molecule has 0 unspecified atom stereocenters. The SMILES string of the molecule is Cc1cc(N2C(=O)c3c(Br)c(Br)c(Br)c(Br)c3C2=O)c2nc(C3C(=O)c4c(Br)c(Br)c(Br)c(Br)c4C3=O)cc(C)c2c1. The maximum atomic E-state index is 13.9. The van der Waals surface area contributed by atoms with E-state index in [1.807, 2.05) is 19.9 Å². The van der Waals surface area contributed by atoms with Crippen molar-refractivity contribution in [3.05, 3.63) is 93.1 Å². The van der Waals surface area contributed by atoms with Crippen LogP contribution in [-0.2, 0) is 0 Å². The summed E-state index contributed by atoms with van der Waals surface area (Å²) >= 11 is 27.7. The van der Waals surface area contributed by atoms with Crippen molar-refractivity contribution < 1.29 is 19.2 Å². The second-order valence-electron chi connectivity index (χ2n) is 9.66. The lowest BCUT2D eigenvalue weighted by Crippen LogP contribution is -2.30. The predicted octanol–water partition coefficient (Wildman–Crippen LogP) is 10.9. The normalized spacial score (nSPS) is 15.0. The molecule has 0 atom stereocenters. The van der Waals surface area contributed by atoms with Gasteiger partial charge in [-0.05, 0) is 171 Å². The van der Waals surface area contributed by atoms with E-state index in [1.54, 1.807) is 12.1 Å². The molecule has 6 rings (SSSR count). The number of hydrogen-bond acceptors (Lipinski definition) is 5. The van der Waals surface area contributed by atoms with Gasteiger partial charge in [0.2, 0.25) is 0 Å². The first kappa shape index (κ1) is 31.4. The Kier molecular flexibility index (Phi) is 8.24. The zero-order valence-electron chi connectivity index (χ0n) is 20.9. The number of carbonyl (C=O) groups is 4. The summed E-state index contributed by atoms with van der Waals surface area (Å²) in [5, 5.41) is 0.689. The van der Waals surface area contributed by atoms with Crippen LogP contribution in [0.4, 0.5) is 5.69 Å². The Bertz CT molecular complexity index is 1950. The molecule has 14 heteroatoms. The number of halogens is 8. The number of ketones is 2. The van der Waals surface area contributed by atoms with Gasteiger partial charge in [-0.15, -0.1) is 0 Å². The van der Waals surface area contributed by atoms with Crippen LogP contribution in [0, 0.1) is 13.8 Å². The maximum Gasteiger partial charge on any atom is 0.267 e. The van der Waals surface area contributed by atoms with Gasteiger partial charge in [0.15, 0.2) is 11.6 Å². The minimum Gasteiger partial charge on any atom is -0.293 e. The molecule has 0 fully saturated rings. The quantitative estimate of drug-likeness (QED) is 0.0864. The van der Waals surface area contributed by atoms with E-state index in [4.69, 9.17) is 4.98 Å². The van der Waals surface area contributed by atoms with E-state index < -0.39 is 29.3 Å². The lowest BCUT2D eigenvalue weighted by Gasteiger charge is -2.19. The molecule has 6 nitrogen and oxygen atoms in total. The number of pyridine rings is 1. The highest BCUT2D eigenvalue weighted by Crippen LogP contribution is 2.50. The highest BCUT2D eigenvalue weighted by molar-refractivity contribution is 9.15. The van der Waals surface area contributed by atoms with Crippen LogP contribution in [0.25, 0.3) is 10.9 Å². The first-order valence-electron chi connectivity index (χ1n) is 11.8. The third-order valence-corrected chi connectivity index (χ3v) is 16.7. The number of nitrogens with zero attached hydrogens (tertiary/aromatic N) is 2. The second kappa shape index (κ2) is 11.0. The van der Waals surface area contributed by atoms with Gasteiger partial charge in [-0.3, -0.25) is 19.2 Å². The van der Waals surface area contributed by atoms with Gasteiger partial charge in [-0.1, -0.05) is 0 Å². The molecule has 2 amide bonds. The van der Waals surface area contributed by atoms with Crippen LogP contribution in [0.1, 0.15) is 64.2 Å². The highest BCUT2D eigenvalue weighted by Gasteiger charge is 2.46. The summed E-state index contributed by atoms with van der Waals surface area (Å²) in [6.07, 6.45) is 0. The topological polar surface area (TPSA) is 84.4 Å². The van der Waals surface area contributed by atoms with E-state index in [-0.39, 0.29) is 33.6 Å². The number of fused-ring (bicyclic) bond motifs is 3. The Morgan fingerprint density at radius 2 is 1.02 bits per heavy atom. The van der Waals surface area contributed by atoms with Gasteiger partial charge in [0.1, 0.15) is 5.92 Å². The van der Waals surface area contributed by atoms with E-state index in [1.165, 1.54) is 0 Å². The molecular weight excluding hydrogens is 1070 g/mol. The van der Waals surface area contributed by atoms with E-state index in [9.17, 15) is 19.2 Å². The number of imide groups is 1. The predicted molar refractivity (Wildman–Crippen MR) is 188 cm³/mol. The molecule has 0 saturated carbocycles. The van der Waals surface area contributed by atoms with Crippen LogP contribution in [0.2, 0.25) is 0 Å². The number of amides is 2. The Morgan fingerprint density at radius 3 is 1.48 bits per heavy atom. The Labute approximate surface area is 305 Å². The number of aromatic nitrogens is 1. The van der Waals surface area contributed by atoms with Crippen molar-refractivity contribution in [1.82, 2.24) is 4.98 Å². The van der Waals surface area contributed by atoms with Gasteiger partial charge >= 0.3 is 0 Å². The molecule has 0 bridgehead atoms. The largest absolute Gasteiger partial charge is 0.293 e. The minimum absolute atomic E-state index is 0.201. The van der Waals surface area contributed by atoms with E-state index >= 15 is 0 Å². The average Bonchev–Trinajstić information content (AvgIpc) is 3.36. The lowest BCUT2D eigenvalue weighted by atomic mass is 9.95. The zero-order valence-corrected chi connectivity index (χ0v) is 33.5. The number of aryl methyl sites for hydroxylation is 2. The van der Waals surface area contributed by atoms with Crippen molar-refractivity contribution in [1.29, 1.82) is 0 Å². The van der Waals surface area contributed by atoms with Crippen molar-refractivity contribution in [3.63, 3.8) is 0 Å². The summed E-state index contributed by atoms with van der Waals surface area (Å²) in [5.74, 6) is -3.08. The molecule has 1 aliphatic heterocycles. The van der Waals surface area contributed by atoms with Crippen LogP contribution < -0.4 is 4.90 Å². The van der Waals surface area contributed by atoms with Crippen LogP contribution in [-0.4, -0.2) is 28.4 Å². The van der Waals surface area contributed by atoms with E-state index in [0.717, 1.165) is 16.0 Å². The third-order valence-electron chi connectivity index (χ3n) is 7.19. The number of benzene rings is 3. The molecule has 1 aromatic heterocycles. The van der Waals surface area contributed by atoms with Crippen LogP contribution in [0.3, 0.4) is 0 Å². The van der Waals surface area contributed by atoms with Crippen molar-refractivity contribution in [3.8, 4) is 0 Å². The molecule has 42 heavy (non-hydrogen) atoms. The number of carbonyl (C=O) groups excluding carboxylic acids is 4. The summed E-state index contributed by atoms with van der Waals surface area (Å²) in [6, 6.07) is 5.32. The van der Waals surface area contributed by atoms with Crippen molar-refractivity contribution >= 4 is 167 Å². The summed E-state index contributed by atoms with van der Waals surface area (Å²) < 4.78 is 4.13. The first-order valence-corrected chi connectivity index (χ1v) is 18.1. The number of hydrogen-bond donors (Lipinski definition) is 0. The molecule has 4 aromatic rings. The van der Waals surface area contributed by atoms with Gasteiger partial charge in [0, 0.05) is 52.3 Å². The Balaban J connectivity index is 1.58. The minimum atomic E-state index is -1.21. The molecule has 0 saturated heterocycles. The summed E-state index contributed by atoms with van der Waals surface area (Å²) in [4.78, 5) is 61.3. The lowest BCUT2D eigenvalue weighted by molar-refractivity contribution is 0.0881. The third kappa shape index (κ3) is 4.36. The molecule has 0 spiro atoms. The second-order valence-corrected chi connectivity index (χ2v) is 16.0. The Hall–Kier alpha value is -0.610. The number of rotatable bonds is 2. The maximum absolute atomic E-state index is 13.9. The van der Waals surface area contributed by atoms with Crippen molar-refractivity contribution in [2.24, 2.45) is 0 Å². The molecular formula is C28H10Br8N2O4. The molecule has 3 aromatic carbocycles. The molecule has 2 aliphatic rings. The van der Waals surface area contributed by atoms with Gasteiger partial charge < -0.3 is 0 Å². The zero-order chi connectivity index (χ0) is 30.7. The number of Topliss-reactive ketones (excluding diaryl/α,β-unsaturated/α-hetero) is 2. The molecule has 0 radical (unpaired) electrons. The smallest absolute Gasteiger partial charge is 0.267 e. The standard InChI is InChI=1S/C28H10Br8N2O4/c1-6-3-8-7(2)5-9(11-25(39)12-13(26(11)40)17(30)21(34)20(33)16(12)29)37-24(8)10(4-6)38-27(41)14-15(28(38)42)19(32)23(36)22(35)18(14)31/h3-5,11H,1-2H3. The van der Waals surface area contributed by atoms with Gasteiger partial charge in [-0.25, -0.2) is 9.88 Å². The fourth-order valence-corrected chi connectivity index (χ4v) is 10.3. The molecule has 2 heterocycles. The fourth-order valence-electron chi connectivity index (χ4n) is 5.30. The first-order chi connectivity index (χ1) is 19.7. The van der Waals surface area contributed by atoms with Gasteiger partial charge in [-0.2, -0.15) is 0 Å². The molecule has 1 aliphatic carbocycles. The van der Waals surface area contributed by atoms with Gasteiger partial charge in [0.05, 0.1) is 28.0 Å².